The molecule has 2 aliphatic rings. The predicted octanol–water partition coefficient (Wildman–Crippen LogP) is 1.31. The van der Waals surface area contributed by atoms with Gasteiger partial charge in [-0.2, -0.15) is 11.8 Å². The van der Waals surface area contributed by atoms with E-state index in [1.165, 1.54) is 0 Å². The molecule has 0 N–H and O–H groups in total. The number of rotatable bonds is 4. The van der Waals surface area contributed by atoms with Crippen molar-refractivity contribution in [2.75, 3.05) is 51.4 Å². The number of hydrogen-bond acceptors (Lipinski definition) is 4. The lowest BCUT2D eigenvalue weighted by Gasteiger charge is -2.41. The summed E-state index contributed by atoms with van der Waals surface area (Å²) in [6.45, 7) is 7.70. The summed E-state index contributed by atoms with van der Waals surface area (Å²) in [7, 11) is 0. The maximum absolute atomic E-state index is 12.2. The van der Waals surface area contributed by atoms with Crippen molar-refractivity contribution >= 4 is 17.7 Å². The van der Waals surface area contributed by atoms with Crippen LogP contribution in [-0.2, 0) is 9.53 Å². The zero-order chi connectivity index (χ0) is 13.7. The molecule has 2 aliphatic heterocycles. The normalized spacial score (nSPS) is 24.4. The van der Waals surface area contributed by atoms with Crippen molar-refractivity contribution in [1.82, 2.24) is 9.80 Å². The molecule has 1 amide bonds. The topological polar surface area (TPSA) is 32.8 Å². The molecule has 0 unspecified atom stereocenters. The number of hydrogen-bond donors (Lipinski definition) is 0. The number of carbonyl (C=O) groups excluding carboxylic acids is 1. The van der Waals surface area contributed by atoms with Crippen molar-refractivity contribution < 1.29 is 9.53 Å². The monoisotopic (exact) mass is 286 g/mol. The second kappa shape index (κ2) is 7.50. The average molecular weight is 286 g/mol. The van der Waals surface area contributed by atoms with E-state index in [0.29, 0.717) is 11.9 Å². The summed E-state index contributed by atoms with van der Waals surface area (Å²) in [5.74, 6) is 1.42. The third-order valence-electron chi connectivity index (χ3n) is 4.17. The number of amides is 1. The molecular weight excluding hydrogens is 260 g/mol. The first-order chi connectivity index (χ1) is 9.22. The van der Waals surface area contributed by atoms with Gasteiger partial charge in [-0.3, -0.25) is 9.69 Å². The number of carbonyl (C=O) groups is 1. The van der Waals surface area contributed by atoms with Crippen LogP contribution >= 0.6 is 11.8 Å². The Hall–Kier alpha value is -0.260. The maximum Gasteiger partial charge on any atom is 0.226 e. The fourth-order valence-electron chi connectivity index (χ4n) is 2.99. The molecule has 0 aromatic heterocycles. The molecule has 2 heterocycles. The molecule has 0 radical (unpaired) electrons. The van der Waals surface area contributed by atoms with Crippen LogP contribution in [0.2, 0.25) is 0 Å². The highest BCUT2D eigenvalue weighted by Gasteiger charge is 2.28. The lowest BCUT2D eigenvalue weighted by Crippen LogP contribution is -2.54. The first-order valence-electron chi connectivity index (χ1n) is 7.32. The minimum Gasteiger partial charge on any atom is -0.381 e. The van der Waals surface area contributed by atoms with Crippen molar-refractivity contribution in [2.45, 2.75) is 25.8 Å². The third kappa shape index (κ3) is 4.10. The van der Waals surface area contributed by atoms with E-state index in [1.54, 1.807) is 11.8 Å². The summed E-state index contributed by atoms with van der Waals surface area (Å²) in [6.07, 6.45) is 4.36. The Bertz CT molecular complexity index is 287. The molecule has 1 atom stereocenters. The Morgan fingerprint density at radius 2 is 1.89 bits per heavy atom. The van der Waals surface area contributed by atoms with Crippen LogP contribution in [0.4, 0.5) is 0 Å². The highest BCUT2D eigenvalue weighted by atomic mass is 32.2. The summed E-state index contributed by atoms with van der Waals surface area (Å²) in [5, 5.41) is 0. The van der Waals surface area contributed by atoms with Crippen molar-refractivity contribution in [1.29, 1.82) is 0 Å². The molecule has 2 rings (SSSR count). The van der Waals surface area contributed by atoms with E-state index in [2.05, 4.69) is 16.1 Å². The molecule has 0 aliphatic carbocycles. The lowest BCUT2D eigenvalue weighted by atomic mass is 10.1. The maximum atomic E-state index is 12.2. The first-order valence-corrected chi connectivity index (χ1v) is 8.71. The molecular formula is C14H26N2O2S. The zero-order valence-corrected chi connectivity index (χ0v) is 13.0. The van der Waals surface area contributed by atoms with E-state index in [-0.39, 0.29) is 5.92 Å². The SMILES string of the molecule is CSC[C@H](C)C(=O)N1CCN(C2CCOCC2)CC1. The van der Waals surface area contributed by atoms with Crippen LogP contribution in [-0.4, -0.2) is 73.2 Å². The summed E-state index contributed by atoms with van der Waals surface area (Å²) in [6, 6.07) is 0.676. The molecule has 0 spiro atoms. The zero-order valence-electron chi connectivity index (χ0n) is 12.1. The second-order valence-corrected chi connectivity index (χ2v) is 6.47. The van der Waals surface area contributed by atoms with E-state index in [0.717, 1.165) is 58.0 Å². The van der Waals surface area contributed by atoms with Gasteiger partial charge in [0.25, 0.3) is 0 Å². The molecule has 5 heteroatoms. The minimum absolute atomic E-state index is 0.157. The van der Waals surface area contributed by atoms with Gasteiger partial charge in [-0.25, -0.2) is 0 Å². The summed E-state index contributed by atoms with van der Waals surface area (Å²) in [5.41, 5.74) is 0. The molecule has 0 aromatic rings. The summed E-state index contributed by atoms with van der Waals surface area (Å²) in [4.78, 5) is 16.8. The van der Waals surface area contributed by atoms with Gasteiger partial charge >= 0.3 is 0 Å². The van der Waals surface area contributed by atoms with Gasteiger partial charge in [-0.1, -0.05) is 6.92 Å². The molecule has 0 saturated carbocycles. The van der Waals surface area contributed by atoms with E-state index < -0.39 is 0 Å². The van der Waals surface area contributed by atoms with E-state index in [4.69, 9.17) is 4.74 Å². The smallest absolute Gasteiger partial charge is 0.226 e. The summed E-state index contributed by atoms with van der Waals surface area (Å²) < 4.78 is 5.41. The fourth-order valence-corrected chi connectivity index (χ4v) is 3.63. The van der Waals surface area contributed by atoms with Crippen molar-refractivity contribution in [2.24, 2.45) is 5.92 Å². The second-order valence-electron chi connectivity index (χ2n) is 5.56. The Morgan fingerprint density at radius 1 is 1.26 bits per heavy atom. The number of ether oxygens (including phenoxy) is 1. The lowest BCUT2D eigenvalue weighted by molar-refractivity contribution is -0.136. The molecule has 19 heavy (non-hydrogen) atoms. The summed E-state index contributed by atoms with van der Waals surface area (Å²) >= 11 is 1.75. The van der Waals surface area contributed by atoms with Gasteiger partial charge in [0.2, 0.25) is 5.91 Å². The van der Waals surface area contributed by atoms with Gasteiger partial charge in [0.1, 0.15) is 0 Å². The highest BCUT2D eigenvalue weighted by Crippen LogP contribution is 2.18. The number of thioether (sulfide) groups is 1. The molecule has 110 valence electrons. The molecule has 0 bridgehead atoms. The fraction of sp³-hybridized carbons (Fsp3) is 0.929. The third-order valence-corrected chi connectivity index (χ3v) is 5.00. The Morgan fingerprint density at radius 3 is 2.47 bits per heavy atom. The van der Waals surface area contributed by atoms with Gasteiger partial charge in [0.15, 0.2) is 0 Å². The molecule has 4 nitrogen and oxygen atoms in total. The standard InChI is InChI=1S/C14H26N2O2S/c1-12(11-19-2)14(17)16-7-5-15(6-8-16)13-3-9-18-10-4-13/h12-13H,3-11H2,1-2H3/t12-/m0/s1. The van der Waals surface area contributed by atoms with Crippen LogP contribution in [0.5, 0.6) is 0 Å². The molecule has 2 fully saturated rings. The van der Waals surface area contributed by atoms with E-state index in [9.17, 15) is 4.79 Å². The quantitative estimate of drug-likeness (QED) is 0.780. The largest absolute Gasteiger partial charge is 0.381 e. The Kier molecular flexibility index (Phi) is 5.98. The van der Waals surface area contributed by atoms with Crippen LogP contribution < -0.4 is 0 Å². The van der Waals surface area contributed by atoms with Gasteiger partial charge in [0, 0.05) is 57.1 Å². The number of piperazine rings is 1. The van der Waals surface area contributed by atoms with Crippen LogP contribution in [0.25, 0.3) is 0 Å². The first kappa shape index (κ1) is 15.1. The van der Waals surface area contributed by atoms with Gasteiger partial charge < -0.3 is 9.64 Å². The number of nitrogens with zero attached hydrogens (tertiary/aromatic N) is 2. The van der Waals surface area contributed by atoms with Crippen LogP contribution in [0.15, 0.2) is 0 Å². The van der Waals surface area contributed by atoms with Crippen molar-refractivity contribution in [3.8, 4) is 0 Å². The van der Waals surface area contributed by atoms with E-state index >= 15 is 0 Å². The highest BCUT2D eigenvalue weighted by molar-refractivity contribution is 7.98. The van der Waals surface area contributed by atoms with Crippen LogP contribution in [0, 0.1) is 5.92 Å². The average Bonchev–Trinajstić information content (AvgIpc) is 2.48. The molecule has 2 saturated heterocycles. The van der Waals surface area contributed by atoms with Crippen molar-refractivity contribution in [3.05, 3.63) is 0 Å². The van der Waals surface area contributed by atoms with Gasteiger partial charge in [0.05, 0.1) is 0 Å². The molecule has 0 aromatic carbocycles. The van der Waals surface area contributed by atoms with Crippen LogP contribution in [0.3, 0.4) is 0 Å². The van der Waals surface area contributed by atoms with Crippen molar-refractivity contribution in [3.63, 3.8) is 0 Å². The van der Waals surface area contributed by atoms with Gasteiger partial charge in [-0.15, -0.1) is 0 Å². The Balaban J connectivity index is 1.76. The van der Waals surface area contributed by atoms with E-state index in [1.807, 2.05) is 6.92 Å². The van der Waals surface area contributed by atoms with Gasteiger partial charge in [-0.05, 0) is 19.1 Å². The van der Waals surface area contributed by atoms with Crippen LogP contribution in [0.1, 0.15) is 19.8 Å². The minimum atomic E-state index is 0.157. The Labute approximate surface area is 120 Å². The predicted molar refractivity (Wildman–Crippen MR) is 79.5 cm³/mol.